The predicted molar refractivity (Wildman–Crippen MR) is 97.7 cm³/mol. The highest BCUT2D eigenvalue weighted by molar-refractivity contribution is 5.91. The van der Waals surface area contributed by atoms with Crippen LogP contribution >= 0.6 is 0 Å². The van der Waals surface area contributed by atoms with Crippen molar-refractivity contribution in [2.75, 3.05) is 11.9 Å². The molecule has 0 aliphatic rings. The Bertz CT molecular complexity index is 694. The number of rotatable bonds is 6. The number of benzene rings is 2. The first-order valence-electron chi connectivity index (χ1n) is 7.93. The maximum atomic E-state index is 11.8. The van der Waals surface area contributed by atoms with Gasteiger partial charge in [0.1, 0.15) is 5.75 Å². The SMILES string of the molecule is Cc1ccccc1NC(=O)NN=Cc1ccc(OCC(C)C)cc1. The molecule has 5 heteroatoms. The van der Waals surface area contributed by atoms with Gasteiger partial charge in [-0.3, -0.25) is 0 Å². The van der Waals surface area contributed by atoms with Crippen molar-refractivity contribution >= 4 is 17.9 Å². The smallest absolute Gasteiger partial charge is 0.339 e. The summed E-state index contributed by atoms with van der Waals surface area (Å²) < 4.78 is 5.62. The van der Waals surface area contributed by atoms with E-state index in [-0.39, 0.29) is 6.03 Å². The van der Waals surface area contributed by atoms with Crippen LogP contribution in [0.25, 0.3) is 0 Å². The van der Waals surface area contributed by atoms with E-state index in [1.165, 1.54) is 0 Å². The maximum absolute atomic E-state index is 11.8. The Balaban J connectivity index is 1.83. The van der Waals surface area contributed by atoms with Gasteiger partial charge in [0, 0.05) is 5.69 Å². The van der Waals surface area contributed by atoms with Crippen LogP contribution in [0.1, 0.15) is 25.0 Å². The van der Waals surface area contributed by atoms with Crippen molar-refractivity contribution in [2.24, 2.45) is 11.0 Å². The van der Waals surface area contributed by atoms with Crippen LogP contribution in [-0.4, -0.2) is 18.9 Å². The monoisotopic (exact) mass is 325 g/mol. The summed E-state index contributed by atoms with van der Waals surface area (Å²) in [5, 5.41) is 6.69. The van der Waals surface area contributed by atoms with E-state index < -0.39 is 0 Å². The summed E-state index contributed by atoms with van der Waals surface area (Å²) in [6, 6.07) is 14.7. The van der Waals surface area contributed by atoms with Crippen molar-refractivity contribution in [1.29, 1.82) is 0 Å². The molecule has 0 radical (unpaired) electrons. The standard InChI is InChI=1S/C19H23N3O2/c1-14(2)13-24-17-10-8-16(9-11-17)12-20-22-19(23)21-18-7-5-4-6-15(18)3/h4-12,14H,13H2,1-3H3,(H2,21,22,23). The lowest BCUT2D eigenvalue weighted by Crippen LogP contribution is -2.24. The molecule has 2 N–H and O–H groups in total. The van der Waals surface area contributed by atoms with E-state index in [9.17, 15) is 4.79 Å². The van der Waals surface area contributed by atoms with Crippen LogP contribution in [0.2, 0.25) is 0 Å². The van der Waals surface area contributed by atoms with Gasteiger partial charge in [-0.15, -0.1) is 0 Å². The molecule has 2 rings (SSSR count). The molecule has 0 aromatic heterocycles. The topological polar surface area (TPSA) is 62.7 Å². The molecule has 24 heavy (non-hydrogen) atoms. The molecular weight excluding hydrogens is 302 g/mol. The minimum Gasteiger partial charge on any atom is -0.493 e. The lowest BCUT2D eigenvalue weighted by Gasteiger charge is -2.08. The van der Waals surface area contributed by atoms with Gasteiger partial charge >= 0.3 is 6.03 Å². The number of hydrogen-bond acceptors (Lipinski definition) is 3. The number of amides is 2. The normalized spacial score (nSPS) is 10.8. The van der Waals surface area contributed by atoms with Crippen molar-refractivity contribution < 1.29 is 9.53 Å². The number of anilines is 1. The molecular formula is C19H23N3O2. The van der Waals surface area contributed by atoms with Gasteiger partial charge in [0.05, 0.1) is 12.8 Å². The second-order valence-electron chi connectivity index (χ2n) is 5.91. The molecule has 0 aliphatic heterocycles. The molecule has 2 aromatic rings. The molecule has 0 heterocycles. The third kappa shape index (κ3) is 5.76. The first-order chi connectivity index (χ1) is 11.5. The van der Waals surface area contributed by atoms with E-state index >= 15 is 0 Å². The lowest BCUT2D eigenvalue weighted by atomic mass is 10.2. The van der Waals surface area contributed by atoms with Crippen molar-refractivity contribution in [3.8, 4) is 5.75 Å². The lowest BCUT2D eigenvalue weighted by molar-refractivity contribution is 0.252. The Hall–Kier alpha value is -2.82. The van der Waals surface area contributed by atoms with Gasteiger partial charge in [0.15, 0.2) is 0 Å². The summed E-state index contributed by atoms with van der Waals surface area (Å²) in [7, 11) is 0. The third-order valence-electron chi connectivity index (χ3n) is 3.24. The van der Waals surface area contributed by atoms with Crippen molar-refractivity contribution in [3.63, 3.8) is 0 Å². The van der Waals surface area contributed by atoms with Gasteiger partial charge in [-0.1, -0.05) is 32.0 Å². The molecule has 2 aromatic carbocycles. The number of nitrogens with zero attached hydrogens (tertiary/aromatic N) is 1. The van der Waals surface area contributed by atoms with Gasteiger partial charge in [-0.25, -0.2) is 10.2 Å². The quantitative estimate of drug-likeness (QED) is 0.618. The minimum absolute atomic E-state index is 0.377. The highest BCUT2D eigenvalue weighted by atomic mass is 16.5. The molecule has 2 amide bonds. The molecule has 0 atom stereocenters. The van der Waals surface area contributed by atoms with E-state index in [2.05, 4.69) is 29.7 Å². The average Bonchev–Trinajstić information content (AvgIpc) is 2.56. The molecule has 5 nitrogen and oxygen atoms in total. The summed E-state index contributed by atoms with van der Waals surface area (Å²) in [5.41, 5.74) is 5.08. The van der Waals surface area contributed by atoms with Gasteiger partial charge in [-0.05, 0) is 54.3 Å². The zero-order chi connectivity index (χ0) is 17.4. The van der Waals surface area contributed by atoms with E-state index in [0.717, 1.165) is 22.6 Å². The van der Waals surface area contributed by atoms with Gasteiger partial charge < -0.3 is 10.1 Å². The average molecular weight is 325 g/mol. The summed E-state index contributed by atoms with van der Waals surface area (Å²) >= 11 is 0. The zero-order valence-electron chi connectivity index (χ0n) is 14.2. The first-order valence-corrected chi connectivity index (χ1v) is 7.93. The Morgan fingerprint density at radius 1 is 1.17 bits per heavy atom. The number of para-hydroxylation sites is 1. The summed E-state index contributed by atoms with van der Waals surface area (Å²) in [6.07, 6.45) is 1.59. The Labute approximate surface area is 142 Å². The Kier molecular flexibility index (Phi) is 6.37. The number of ether oxygens (including phenoxy) is 1. The molecule has 0 aliphatic carbocycles. The molecule has 0 saturated carbocycles. The number of hydrazone groups is 1. The molecule has 0 unspecified atom stereocenters. The van der Waals surface area contributed by atoms with Crippen molar-refractivity contribution in [2.45, 2.75) is 20.8 Å². The third-order valence-corrected chi connectivity index (χ3v) is 3.24. The van der Waals surface area contributed by atoms with Crippen LogP contribution in [0.5, 0.6) is 5.75 Å². The van der Waals surface area contributed by atoms with E-state index in [1.54, 1.807) is 6.21 Å². The fourth-order valence-corrected chi connectivity index (χ4v) is 1.94. The summed E-state index contributed by atoms with van der Waals surface area (Å²) in [4.78, 5) is 11.8. The largest absolute Gasteiger partial charge is 0.493 e. The van der Waals surface area contributed by atoms with E-state index in [1.807, 2.05) is 55.5 Å². The van der Waals surface area contributed by atoms with Crippen molar-refractivity contribution in [1.82, 2.24) is 5.43 Å². The maximum Gasteiger partial charge on any atom is 0.339 e. The number of nitrogens with one attached hydrogen (secondary N) is 2. The molecule has 0 spiro atoms. The zero-order valence-corrected chi connectivity index (χ0v) is 14.2. The molecule has 0 fully saturated rings. The number of hydrogen-bond donors (Lipinski definition) is 2. The number of urea groups is 1. The van der Waals surface area contributed by atoms with Gasteiger partial charge in [0.25, 0.3) is 0 Å². The van der Waals surface area contributed by atoms with Crippen LogP contribution in [-0.2, 0) is 0 Å². The van der Waals surface area contributed by atoms with Gasteiger partial charge in [-0.2, -0.15) is 5.10 Å². The Morgan fingerprint density at radius 2 is 1.88 bits per heavy atom. The van der Waals surface area contributed by atoms with Crippen LogP contribution in [0.15, 0.2) is 53.6 Å². The summed E-state index contributed by atoms with van der Waals surface area (Å²) in [6.45, 7) is 6.83. The molecule has 126 valence electrons. The molecule has 0 saturated heterocycles. The first kappa shape index (κ1) is 17.5. The van der Waals surface area contributed by atoms with Crippen LogP contribution in [0.3, 0.4) is 0 Å². The second-order valence-corrected chi connectivity index (χ2v) is 5.91. The predicted octanol–water partition coefficient (Wildman–Crippen LogP) is 4.19. The highest BCUT2D eigenvalue weighted by Gasteiger charge is 2.02. The second kappa shape index (κ2) is 8.72. The minimum atomic E-state index is -0.377. The van der Waals surface area contributed by atoms with Crippen LogP contribution < -0.4 is 15.5 Å². The fourth-order valence-electron chi connectivity index (χ4n) is 1.94. The summed E-state index contributed by atoms with van der Waals surface area (Å²) in [5.74, 6) is 1.31. The number of carbonyl (C=O) groups is 1. The highest BCUT2D eigenvalue weighted by Crippen LogP contribution is 2.13. The number of aryl methyl sites for hydroxylation is 1. The van der Waals surface area contributed by atoms with E-state index in [0.29, 0.717) is 12.5 Å². The van der Waals surface area contributed by atoms with Crippen LogP contribution in [0, 0.1) is 12.8 Å². The molecule has 0 bridgehead atoms. The van der Waals surface area contributed by atoms with Crippen LogP contribution in [0.4, 0.5) is 10.5 Å². The Morgan fingerprint density at radius 3 is 2.54 bits per heavy atom. The number of carbonyl (C=O) groups excluding carboxylic acids is 1. The van der Waals surface area contributed by atoms with E-state index in [4.69, 9.17) is 4.74 Å². The van der Waals surface area contributed by atoms with Crippen molar-refractivity contribution in [3.05, 3.63) is 59.7 Å². The van der Waals surface area contributed by atoms with Gasteiger partial charge in [0.2, 0.25) is 0 Å². The fraction of sp³-hybridized carbons (Fsp3) is 0.263.